The van der Waals surface area contributed by atoms with Crippen LogP contribution in [0.4, 0.5) is 15.8 Å². The Balaban J connectivity index is 2.31. The van der Waals surface area contributed by atoms with Gasteiger partial charge in [0.15, 0.2) is 5.75 Å². The molecule has 0 unspecified atom stereocenters. The molecule has 0 atom stereocenters. The number of rotatable bonds is 5. The van der Waals surface area contributed by atoms with E-state index in [2.05, 4.69) is 5.32 Å². The summed E-state index contributed by atoms with van der Waals surface area (Å²) >= 11 is 6.01. The highest BCUT2D eigenvalue weighted by Gasteiger charge is 2.19. The maximum Gasteiger partial charge on any atom is 0.305 e. The highest BCUT2D eigenvalue weighted by Crippen LogP contribution is 2.33. The smallest absolute Gasteiger partial charge is 0.305 e. The Labute approximate surface area is 136 Å². The Morgan fingerprint density at radius 2 is 2.13 bits per heavy atom. The van der Waals surface area contributed by atoms with Gasteiger partial charge in [-0.1, -0.05) is 17.7 Å². The molecule has 2 aromatic carbocycles. The first kappa shape index (κ1) is 16.7. The van der Waals surface area contributed by atoms with Crippen LogP contribution in [0.15, 0.2) is 36.4 Å². The maximum absolute atomic E-state index is 13.3. The molecule has 2 rings (SSSR count). The van der Waals surface area contributed by atoms with E-state index in [1.54, 1.807) is 25.1 Å². The number of nitro benzene ring substituents is 1. The Morgan fingerprint density at radius 3 is 2.78 bits per heavy atom. The van der Waals surface area contributed by atoms with Crippen molar-refractivity contribution in [1.29, 1.82) is 0 Å². The van der Waals surface area contributed by atoms with E-state index < -0.39 is 22.3 Å². The summed E-state index contributed by atoms with van der Waals surface area (Å²) in [6.45, 7) is 2.10. The molecular formula is C15H12ClFN2O4. The van der Waals surface area contributed by atoms with Crippen molar-refractivity contribution in [1.82, 2.24) is 0 Å². The van der Waals surface area contributed by atoms with Gasteiger partial charge in [-0.2, -0.15) is 4.39 Å². The zero-order chi connectivity index (χ0) is 17.0. The Hall–Kier alpha value is -2.67. The Bertz CT molecular complexity index is 767. The number of halogens is 2. The number of carbonyl (C=O) groups excluding carboxylic acids is 1. The molecule has 0 spiro atoms. The first-order chi connectivity index (χ1) is 10.9. The van der Waals surface area contributed by atoms with Crippen molar-refractivity contribution < 1.29 is 18.8 Å². The Kier molecular flexibility index (Phi) is 5.13. The van der Waals surface area contributed by atoms with Gasteiger partial charge in [0, 0.05) is 11.6 Å². The summed E-state index contributed by atoms with van der Waals surface area (Å²) in [6, 6.07) is 7.69. The lowest BCUT2D eigenvalue weighted by molar-refractivity contribution is -0.387. The first-order valence-electron chi connectivity index (χ1n) is 6.60. The number of ether oxygens (including phenoxy) is 1. The number of nitrogens with zero attached hydrogens (tertiary/aromatic N) is 1. The van der Waals surface area contributed by atoms with Crippen molar-refractivity contribution in [2.24, 2.45) is 0 Å². The lowest BCUT2D eigenvalue weighted by Crippen LogP contribution is -2.13. The summed E-state index contributed by atoms with van der Waals surface area (Å²) in [5.74, 6) is -1.36. The van der Waals surface area contributed by atoms with Crippen LogP contribution in [-0.4, -0.2) is 17.4 Å². The standard InChI is InChI=1S/C15H12ClFN2O4/c1-2-23-14-10(16)4-3-5-12(14)18-15(20)9-6-7-11(17)13(8-9)19(21)22/h3-8H,2H2,1H3,(H,18,20). The number of carbonyl (C=O) groups is 1. The fourth-order valence-corrected chi connectivity index (χ4v) is 2.12. The minimum atomic E-state index is -1.01. The zero-order valence-corrected chi connectivity index (χ0v) is 12.8. The minimum Gasteiger partial charge on any atom is -0.490 e. The van der Waals surface area contributed by atoms with Crippen LogP contribution < -0.4 is 10.1 Å². The number of nitro groups is 1. The van der Waals surface area contributed by atoms with E-state index in [9.17, 15) is 19.3 Å². The molecule has 8 heteroatoms. The third kappa shape index (κ3) is 3.75. The topological polar surface area (TPSA) is 81.5 Å². The minimum absolute atomic E-state index is 0.0551. The molecule has 1 N–H and O–H groups in total. The van der Waals surface area contributed by atoms with E-state index in [-0.39, 0.29) is 5.56 Å². The van der Waals surface area contributed by atoms with Crippen LogP contribution in [0.1, 0.15) is 17.3 Å². The van der Waals surface area contributed by atoms with E-state index in [4.69, 9.17) is 16.3 Å². The Morgan fingerprint density at radius 1 is 1.39 bits per heavy atom. The van der Waals surface area contributed by atoms with Gasteiger partial charge in [-0.3, -0.25) is 14.9 Å². The lowest BCUT2D eigenvalue weighted by atomic mass is 10.1. The molecule has 0 radical (unpaired) electrons. The summed E-state index contributed by atoms with van der Waals surface area (Å²) in [5, 5.41) is 13.6. The second kappa shape index (κ2) is 7.06. The average molecular weight is 339 g/mol. The highest BCUT2D eigenvalue weighted by molar-refractivity contribution is 6.32. The van der Waals surface area contributed by atoms with E-state index in [1.165, 1.54) is 0 Å². The second-order valence-corrected chi connectivity index (χ2v) is 4.83. The molecule has 0 aliphatic rings. The molecule has 0 aromatic heterocycles. The molecule has 2 aromatic rings. The third-order valence-corrected chi connectivity index (χ3v) is 3.21. The molecule has 0 aliphatic carbocycles. The summed E-state index contributed by atoms with van der Waals surface area (Å²) in [5.41, 5.74) is -0.509. The van der Waals surface area contributed by atoms with Gasteiger partial charge < -0.3 is 10.1 Å². The molecule has 0 bridgehead atoms. The van der Waals surface area contributed by atoms with E-state index >= 15 is 0 Å². The highest BCUT2D eigenvalue weighted by atomic mass is 35.5. The average Bonchev–Trinajstić information content (AvgIpc) is 2.50. The van der Waals surface area contributed by atoms with Crippen LogP contribution in [0.25, 0.3) is 0 Å². The van der Waals surface area contributed by atoms with E-state index in [0.717, 1.165) is 18.2 Å². The number of para-hydroxylation sites is 1. The fraction of sp³-hybridized carbons (Fsp3) is 0.133. The van der Waals surface area contributed by atoms with Crippen LogP contribution in [-0.2, 0) is 0 Å². The zero-order valence-electron chi connectivity index (χ0n) is 12.0. The van der Waals surface area contributed by atoms with Crippen LogP contribution in [0.3, 0.4) is 0 Å². The van der Waals surface area contributed by atoms with Gasteiger partial charge in [0.2, 0.25) is 5.82 Å². The molecule has 6 nitrogen and oxygen atoms in total. The number of benzene rings is 2. The fourth-order valence-electron chi connectivity index (χ4n) is 1.89. The monoisotopic (exact) mass is 338 g/mol. The van der Waals surface area contributed by atoms with Gasteiger partial charge in [0.1, 0.15) is 0 Å². The molecular weight excluding hydrogens is 327 g/mol. The van der Waals surface area contributed by atoms with Gasteiger partial charge in [0.05, 0.1) is 22.2 Å². The van der Waals surface area contributed by atoms with Crippen LogP contribution in [0.2, 0.25) is 5.02 Å². The maximum atomic E-state index is 13.3. The van der Waals surface area contributed by atoms with Gasteiger partial charge in [-0.25, -0.2) is 0 Å². The van der Waals surface area contributed by atoms with Crippen molar-refractivity contribution in [3.8, 4) is 5.75 Å². The molecule has 0 aliphatic heterocycles. The van der Waals surface area contributed by atoms with Gasteiger partial charge in [-0.05, 0) is 31.2 Å². The normalized spacial score (nSPS) is 10.2. The molecule has 23 heavy (non-hydrogen) atoms. The SMILES string of the molecule is CCOc1c(Cl)cccc1NC(=O)c1ccc(F)c([N+](=O)[O-])c1. The molecule has 0 saturated carbocycles. The van der Waals surface area contributed by atoms with Gasteiger partial charge >= 0.3 is 5.69 Å². The van der Waals surface area contributed by atoms with Crippen molar-refractivity contribution in [2.75, 3.05) is 11.9 Å². The lowest BCUT2D eigenvalue weighted by Gasteiger charge is -2.12. The third-order valence-electron chi connectivity index (χ3n) is 2.91. The quantitative estimate of drug-likeness (QED) is 0.659. The summed E-state index contributed by atoms with van der Waals surface area (Å²) < 4.78 is 18.7. The number of hydrogen-bond acceptors (Lipinski definition) is 4. The van der Waals surface area contributed by atoms with Crippen LogP contribution in [0.5, 0.6) is 5.75 Å². The predicted octanol–water partition coefficient (Wildman–Crippen LogP) is 4.04. The summed E-state index contributed by atoms with van der Waals surface area (Å²) in [7, 11) is 0. The van der Waals surface area contributed by atoms with E-state index in [1.807, 2.05) is 0 Å². The number of hydrogen-bond donors (Lipinski definition) is 1. The van der Waals surface area contributed by atoms with Gasteiger partial charge in [-0.15, -0.1) is 0 Å². The van der Waals surface area contributed by atoms with Crippen LogP contribution in [0, 0.1) is 15.9 Å². The van der Waals surface area contributed by atoms with Crippen molar-refractivity contribution in [3.63, 3.8) is 0 Å². The second-order valence-electron chi connectivity index (χ2n) is 4.43. The summed E-state index contributed by atoms with van der Waals surface area (Å²) in [4.78, 5) is 22.1. The number of nitrogens with one attached hydrogen (secondary N) is 1. The molecule has 120 valence electrons. The largest absolute Gasteiger partial charge is 0.490 e. The molecule has 1 amide bonds. The predicted molar refractivity (Wildman–Crippen MR) is 83.6 cm³/mol. The first-order valence-corrected chi connectivity index (χ1v) is 6.98. The molecule has 0 fully saturated rings. The van der Waals surface area contributed by atoms with Crippen molar-refractivity contribution in [3.05, 3.63) is 62.9 Å². The van der Waals surface area contributed by atoms with Crippen LogP contribution >= 0.6 is 11.6 Å². The molecule has 0 heterocycles. The number of amides is 1. The molecule has 0 saturated heterocycles. The number of anilines is 1. The summed E-state index contributed by atoms with van der Waals surface area (Å²) in [6.07, 6.45) is 0. The van der Waals surface area contributed by atoms with Crippen molar-refractivity contribution >= 4 is 28.9 Å². The van der Waals surface area contributed by atoms with Crippen molar-refractivity contribution in [2.45, 2.75) is 6.92 Å². The van der Waals surface area contributed by atoms with Gasteiger partial charge in [0.25, 0.3) is 5.91 Å². The van der Waals surface area contributed by atoms with E-state index in [0.29, 0.717) is 23.1 Å².